The first kappa shape index (κ1) is 13.6. The predicted octanol–water partition coefficient (Wildman–Crippen LogP) is 3.68. The fraction of sp³-hybridized carbons (Fsp3) is 0.312. The second-order valence-electron chi connectivity index (χ2n) is 4.58. The molecular weight excluding hydrogens is 236 g/mol. The van der Waals surface area contributed by atoms with Crippen molar-refractivity contribution in [3.63, 3.8) is 0 Å². The van der Waals surface area contributed by atoms with Gasteiger partial charge in [0.05, 0.1) is 5.69 Å². The molecule has 100 valence electrons. The molecule has 0 aliphatic heterocycles. The van der Waals surface area contributed by atoms with E-state index in [2.05, 4.69) is 30.2 Å². The molecule has 1 aromatic heterocycles. The average Bonchev–Trinajstić information content (AvgIpc) is 2.39. The number of benzene rings is 1. The Bertz CT molecular complexity index is 526. The number of nitrogens with zero attached hydrogens (tertiary/aromatic N) is 1. The molecule has 0 unspecified atom stereocenters. The van der Waals surface area contributed by atoms with Crippen molar-refractivity contribution >= 4 is 0 Å². The van der Waals surface area contributed by atoms with E-state index in [-0.39, 0.29) is 0 Å². The number of nitrogens with one attached hydrogen (secondary N) is 1. The second kappa shape index (κ2) is 6.90. The van der Waals surface area contributed by atoms with Crippen molar-refractivity contribution in [3.8, 4) is 11.5 Å². The Morgan fingerprint density at radius 3 is 2.79 bits per heavy atom. The molecule has 0 aliphatic rings. The van der Waals surface area contributed by atoms with Crippen LogP contribution in [0.1, 0.15) is 24.6 Å². The van der Waals surface area contributed by atoms with Gasteiger partial charge in [0, 0.05) is 18.8 Å². The summed E-state index contributed by atoms with van der Waals surface area (Å²) in [6.07, 6.45) is 2.91. The summed E-state index contributed by atoms with van der Waals surface area (Å²) in [7, 11) is 0. The van der Waals surface area contributed by atoms with Gasteiger partial charge in [-0.05, 0) is 43.7 Å². The molecule has 1 aromatic carbocycles. The molecule has 0 aliphatic carbocycles. The molecule has 0 bridgehead atoms. The van der Waals surface area contributed by atoms with Crippen molar-refractivity contribution in [3.05, 3.63) is 53.9 Å². The second-order valence-corrected chi connectivity index (χ2v) is 4.58. The number of hydrogen-bond donors (Lipinski definition) is 1. The van der Waals surface area contributed by atoms with Gasteiger partial charge in [0.25, 0.3) is 0 Å². The monoisotopic (exact) mass is 256 g/mol. The summed E-state index contributed by atoms with van der Waals surface area (Å²) in [5, 5.41) is 3.33. The van der Waals surface area contributed by atoms with Crippen LogP contribution in [0.15, 0.2) is 42.6 Å². The normalized spacial score (nSPS) is 10.4. The van der Waals surface area contributed by atoms with Crippen molar-refractivity contribution in [1.29, 1.82) is 0 Å². The van der Waals surface area contributed by atoms with Gasteiger partial charge in [-0.25, -0.2) is 0 Å². The molecule has 3 heteroatoms. The van der Waals surface area contributed by atoms with Crippen LogP contribution >= 0.6 is 0 Å². The molecular formula is C16H20N2O. The van der Waals surface area contributed by atoms with Crippen LogP contribution in [0, 0.1) is 6.92 Å². The molecule has 2 aromatic rings. The number of hydrogen-bond acceptors (Lipinski definition) is 3. The quantitative estimate of drug-likeness (QED) is 0.800. The van der Waals surface area contributed by atoms with E-state index in [1.807, 2.05) is 30.3 Å². The van der Waals surface area contributed by atoms with Crippen LogP contribution < -0.4 is 10.1 Å². The zero-order chi connectivity index (χ0) is 13.5. The van der Waals surface area contributed by atoms with Crippen molar-refractivity contribution in [2.75, 3.05) is 6.54 Å². The van der Waals surface area contributed by atoms with E-state index in [9.17, 15) is 0 Å². The zero-order valence-corrected chi connectivity index (χ0v) is 11.5. The van der Waals surface area contributed by atoms with Gasteiger partial charge in [0.1, 0.15) is 11.5 Å². The van der Waals surface area contributed by atoms with Gasteiger partial charge in [0.15, 0.2) is 0 Å². The van der Waals surface area contributed by atoms with Gasteiger partial charge in [0.2, 0.25) is 0 Å². The first-order valence-corrected chi connectivity index (χ1v) is 6.68. The van der Waals surface area contributed by atoms with Crippen LogP contribution in [-0.2, 0) is 6.54 Å². The van der Waals surface area contributed by atoms with Crippen LogP contribution in [-0.4, -0.2) is 11.5 Å². The Balaban J connectivity index is 2.02. The third-order valence-corrected chi connectivity index (χ3v) is 2.75. The molecule has 0 atom stereocenters. The highest BCUT2D eigenvalue weighted by Crippen LogP contribution is 2.22. The number of pyridine rings is 1. The van der Waals surface area contributed by atoms with E-state index < -0.39 is 0 Å². The SMILES string of the molecule is CCCNCc1cc(Oc2cccc(C)c2)ccn1. The molecule has 0 radical (unpaired) electrons. The largest absolute Gasteiger partial charge is 0.457 e. The molecule has 19 heavy (non-hydrogen) atoms. The molecule has 1 N–H and O–H groups in total. The lowest BCUT2D eigenvalue weighted by Gasteiger charge is -2.08. The zero-order valence-electron chi connectivity index (χ0n) is 11.5. The van der Waals surface area contributed by atoms with Crippen molar-refractivity contribution in [2.45, 2.75) is 26.8 Å². The smallest absolute Gasteiger partial charge is 0.130 e. The summed E-state index contributed by atoms with van der Waals surface area (Å²) in [6.45, 7) is 5.99. The summed E-state index contributed by atoms with van der Waals surface area (Å²) in [4.78, 5) is 4.33. The van der Waals surface area contributed by atoms with Crippen molar-refractivity contribution in [2.24, 2.45) is 0 Å². The van der Waals surface area contributed by atoms with Crippen molar-refractivity contribution in [1.82, 2.24) is 10.3 Å². The third kappa shape index (κ3) is 4.38. The minimum absolute atomic E-state index is 0.777. The summed E-state index contributed by atoms with van der Waals surface area (Å²) in [6, 6.07) is 11.9. The minimum Gasteiger partial charge on any atom is -0.457 e. The first-order chi connectivity index (χ1) is 9.28. The van der Waals surface area contributed by atoms with Crippen molar-refractivity contribution < 1.29 is 4.74 Å². The highest BCUT2D eigenvalue weighted by Gasteiger charge is 2.00. The summed E-state index contributed by atoms with van der Waals surface area (Å²) in [5.41, 5.74) is 2.19. The lowest BCUT2D eigenvalue weighted by atomic mass is 10.2. The number of aromatic nitrogens is 1. The summed E-state index contributed by atoms with van der Waals surface area (Å²) >= 11 is 0. The highest BCUT2D eigenvalue weighted by molar-refractivity contribution is 5.33. The van der Waals surface area contributed by atoms with E-state index in [1.54, 1.807) is 6.20 Å². The standard InChI is InChI=1S/C16H20N2O/c1-3-8-17-12-14-11-16(7-9-18-14)19-15-6-4-5-13(2)10-15/h4-7,9-11,17H,3,8,12H2,1-2H3. The molecule has 1 heterocycles. The molecule has 0 fully saturated rings. The van der Waals surface area contributed by atoms with E-state index in [4.69, 9.17) is 4.74 Å². The minimum atomic E-state index is 0.777. The summed E-state index contributed by atoms with van der Waals surface area (Å²) in [5.74, 6) is 1.69. The molecule has 0 amide bonds. The van der Waals surface area contributed by atoms with Crippen LogP contribution in [0.4, 0.5) is 0 Å². The van der Waals surface area contributed by atoms with E-state index in [0.717, 1.165) is 36.7 Å². The topological polar surface area (TPSA) is 34.1 Å². The number of ether oxygens (including phenoxy) is 1. The number of rotatable bonds is 6. The molecule has 3 nitrogen and oxygen atoms in total. The maximum absolute atomic E-state index is 5.84. The van der Waals surface area contributed by atoms with Crippen LogP contribution in [0.25, 0.3) is 0 Å². The molecule has 0 spiro atoms. The fourth-order valence-electron chi connectivity index (χ4n) is 1.82. The van der Waals surface area contributed by atoms with Crippen LogP contribution in [0.5, 0.6) is 11.5 Å². The van der Waals surface area contributed by atoms with Crippen LogP contribution in [0.2, 0.25) is 0 Å². The van der Waals surface area contributed by atoms with Gasteiger partial charge in [-0.3, -0.25) is 4.98 Å². The van der Waals surface area contributed by atoms with Crippen LogP contribution in [0.3, 0.4) is 0 Å². The highest BCUT2D eigenvalue weighted by atomic mass is 16.5. The Labute approximate surface area is 114 Å². The van der Waals surface area contributed by atoms with Gasteiger partial charge >= 0.3 is 0 Å². The van der Waals surface area contributed by atoms with E-state index >= 15 is 0 Å². The third-order valence-electron chi connectivity index (χ3n) is 2.75. The van der Waals surface area contributed by atoms with Gasteiger partial charge in [-0.2, -0.15) is 0 Å². The lowest BCUT2D eigenvalue weighted by molar-refractivity contribution is 0.480. The molecule has 0 saturated heterocycles. The first-order valence-electron chi connectivity index (χ1n) is 6.68. The summed E-state index contributed by atoms with van der Waals surface area (Å²) < 4.78 is 5.84. The Hall–Kier alpha value is -1.87. The predicted molar refractivity (Wildman–Crippen MR) is 77.5 cm³/mol. The Morgan fingerprint density at radius 2 is 2.00 bits per heavy atom. The molecule has 2 rings (SSSR count). The average molecular weight is 256 g/mol. The van der Waals surface area contributed by atoms with Gasteiger partial charge in [-0.1, -0.05) is 19.1 Å². The maximum atomic E-state index is 5.84. The fourth-order valence-corrected chi connectivity index (χ4v) is 1.82. The van der Waals surface area contributed by atoms with E-state index in [1.165, 1.54) is 5.56 Å². The number of aryl methyl sites for hydroxylation is 1. The maximum Gasteiger partial charge on any atom is 0.130 e. The van der Waals surface area contributed by atoms with Gasteiger partial charge < -0.3 is 10.1 Å². The molecule has 0 saturated carbocycles. The Kier molecular flexibility index (Phi) is 4.93. The van der Waals surface area contributed by atoms with E-state index in [0.29, 0.717) is 0 Å². The lowest BCUT2D eigenvalue weighted by Crippen LogP contribution is -2.14. The van der Waals surface area contributed by atoms with Gasteiger partial charge in [-0.15, -0.1) is 0 Å². The Morgan fingerprint density at radius 1 is 1.16 bits per heavy atom.